The molecule has 0 fully saturated rings. The Bertz CT molecular complexity index is 264. The van der Waals surface area contributed by atoms with Crippen LogP contribution in [0.15, 0.2) is 24.3 Å². The van der Waals surface area contributed by atoms with Gasteiger partial charge >= 0.3 is 29.0 Å². The van der Waals surface area contributed by atoms with Crippen molar-refractivity contribution in [1.29, 1.82) is 0 Å². The van der Waals surface area contributed by atoms with Crippen molar-refractivity contribution in [3.63, 3.8) is 0 Å². The predicted molar refractivity (Wildman–Crippen MR) is 47.4 cm³/mol. The Balaban J connectivity index is -0.000000403. The van der Waals surface area contributed by atoms with E-state index in [-0.39, 0.29) is 31.7 Å². The number of carbonyl (C=O) groups excluding carboxylic acids is 1. The van der Waals surface area contributed by atoms with Crippen LogP contribution in [0.1, 0.15) is 13.2 Å². The minimum atomic E-state index is -0.398. The molecule has 0 aliphatic carbocycles. The first kappa shape index (κ1) is 11.3. The Hall–Kier alpha value is -0.744. The number of phenolic OH excluding ortho intramolecular Hbond substituents is 1. The molecule has 0 spiro atoms. The Morgan fingerprint density at radius 2 is 1.92 bits per heavy atom. The first-order chi connectivity index (χ1) is 5.24. The SMILES string of the molecule is COC(=O)c1ccc(O)cc1.[H-].[H-].[Mg+2]. The molecular formula is C8H10MgO3. The molecule has 0 heterocycles. The van der Waals surface area contributed by atoms with Gasteiger partial charge < -0.3 is 12.7 Å². The minimum Gasteiger partial charge on any atom is -1.00 e. The molecule has 1 N–H and O–H groups in total. The molecule has 0 amide bonds. The van der Waals surface area contributed by atoms with Crippen LogP contribution in [0.3, 0.4) is 0 Å². The van der Waals surface area contributed by atoms with Crippen molar-refractivity contribution in [2.24, 2.45) is 0 Å². The number of rotatable bonds is 1. The van der Waals surface area contributed by atoms with Gasteiger partial charge in [-0.1, -0.05) is 0 Å². The second-order valence-electron chi connectivity index (χ2n) is 2.04. The quantitative estimate of drug-likeness (QED) is 0.516. The summed E-state index contributed by atoms with van der Waals surface area (Å²) in [5, 5.41) is 8.86. The average Bonchev–Trinajstić information content (AvgIpc) is 2.05. The van der Waals surface area contributed by atoms with E-state index in [1.807, 2.05) is 0 Å². The van der Waals surface area contributed by atoms with Crippen molar-refractivity contribution in [2.75, 3.05) is 7.11 Å². The molecule has 0 radical (unpaired) electrons. The van der Waals surface area contributed by atoms with E-state index in [0.717, 1.165) is 0 Å². The van der Waals surface area contributed by atoms with Crippen LogP contribution < -0.4 is 0 Å². The Labute approximate surface area is 89.5 Å². The summed E-state index contributed by atoms with van der Waals surface area (Å²) in [5.74, 6) is -0.261. The molecule has 12 heavy (non-hydrogen) atoms. The number of hydrogen-bond acceptors (Lipinski definition) is 3. The number of aromatic hydroxyl groups is 1. The van der Waals surface area contributed by atoms with Crippen molar-refractivity contribution in [3.05, 3.63) is 29.8 Å². The zero-order chi connectivity index (χ0) is 8.27. The third-order valence-electron chi connectivity index (χ3n) is 1.29. The molecule has 0 saturated heterocycles. The van der Waals surface area contributed by atoms with Gasteiger partial charge in [0, 0.05) is 0 Å². The largest absolute Gasteiger partial charge is 2.00 e. The molecular weight excluding hydrogens is 168 g/mol. The average molecular weight is 178 g/mol. The second-order valence-corrected chi connectivity index (χ2v) is 2.04. The van der Waals surface area contributed by atoms with E-state index in [4.69, 9.17) is 5.11 Å². The van der Waals surface area contributed by atoms with Gasteiger partial charge in [0.15, 0.2) is 0 Å². The standard InChI is InChI=1S/C8H8O3.Mg.2H/c1-11-8(10)6-2-4-7(9)5-3-6;;;/h2-5,9H,1H3;;;/q;+2;2*-1. The van der Waals surface area contributed by atoms with Crippen LogP contribution in [0.4, 0.5) is 0 Å². The number of benzene rings is 1. The molecule has 1 aromatic carbocycles. The summed E-state index contributed by atoms with van der Waals surface area (Å²) in [6, 6.07) is 5.88. The maximum absolute atomic E-state index is 10.8. The minimum absolute atomic E-state index is 0. The molecule has 0 saturated carbocycles. The summed E-state index contributed by atoms with van der Waals surface area (Å²) in [6.07, 6.45) is 0. The van der Waals surface area contributed by atoms with E-state index in [1.54, 1.807) is 0 Å². The number of hydrogen-bond donors (Lipinski definition) is 1. The number of phenols is 1. The van der Waals surface area contributed by atoms with Crippen LogP contribution in [-0.2, 0) is 4.74 Å². The Kier molecular flexibility index (Phi) is 4.69. The third-order valence-corrected chi connectivity index (χ3v) is 1.29. The van der Waals surface area contributed by atoms with Crippen LogP contribution in [-0.4, -0.2) is 41.2 Å². The predicted octanol–water partition coefficient (Wildman–Crippen LogP) is 1.02. The molecule has 0 bridgehead atoms. The third kappa shape index (κ3) is 2.71. The van der Waals surface area contributed by atoms with Crippen molar-refractivity contribution in [2.45, 2.75) is 0 Å². The van der Waals surface area contributed by atoms with Crippen molar-refractivity contribution in [1.82, 2.24) is 0 Å². The summed E-state index contributed by atoms with van der Waals surface area (Å²) in [6.45, 7) is 0. The van der Waals surface area contributed by atoms with Gasteiger partial charge in [-0.05, 0) is 24.3 Å². The summed E-state index contributed by atoms with van der Waals surface area (Å²) >= 11 is 0. The van der Waals surface area contributed by atoms with E-state index >= 15 is 0 Å². The fourth-order valence-electron chi connectivity index (χ4n) is 0.715. The van der Waals surface area contributed by atoms with E-state index in [0.29, 0.717) is 5.56 Å². The van der Waals surface area contributed by atoms with Crippen LogP contribution in [0.2, 0.25) is 0 Å². The molecule has 3 nitrogen and oxygen atoms in total. The Morgan fingerprint density at radius 1 is 1.42 bits per heavy atom. The molecule has 1 rings (SSSR count). The summed E-state index contributed by atoms with van der Waals surface area (Å²) in [7, 11) is 1.31. The number of esters is 1. The van der Waals surface area contributed by atoms with Crippen LogP contribution in [0.25, 0.3) is 0 Å². The molecule has 0 atom stereocenters. The van der Waals surface area contributed by atoms with E-state index in [9.17, 15) is 4.79 Å². The summed E-state index contributed by atoms with van der Waals surface area (Å²) in [5.41, 5.74) is 0.435. The van der Waals surface area contributed by atoms with Gasteiger partial charge in [0.25, 0.3) is 0 Å². The van der Waals surface area contributed by atoms with Crippen LogP contribution >= 0.6 is 0 Å². The van der Waals surface area contributed by atoms with Crippen LogP contribution in [0.5, 0.6) is 5.75 Å². The van der Waals surface area contributed by atoms with Crippen LogP contribution in [0, 0.1) is 0 Å². The van der Waals surface area contributed by atoms with Gasteiger partial charge in [-0.3, -0.25) is 0 Å². The smallest absolute Gasteiger partial charge is 1.00 e. The van der Waals surface area contributed by atoms with Gasteiger partial charge in [-0.2, -0.15) is 0 Å². The maximum Gasteiger partial charge on any atom is 2.00 e. The number of carbonyl (C=O) groups is 1. The first-order valence-corrected chi connectivity index (χ1v) is 3.11. The topological polar surface area (TPSA) is 46.5 Å². The fraction of sp³-hybridized carbons (Fsp3) is 0.125. The molecule has 62 valence electrons. The molecule has 4 heteroatoms. The van der Waals surface area contributed by atoms with E-state index < -0.39 is 5.97 Å². The fourth-order valence-corrected chi connectivity index (χ4v) is 0.715. The monoisotopic (exact) mass is 178 g/mol. The first-order valence-electron chi connectivity index (χ1n) is 3.11. The van der Waals surface area contributed by atoms with Gasteiger partial charge in [0.05, 0.1) is 12.7 Å². The molecule has 0 unspecified atom stereocenters. The molecule has 0 aliphatic rings. The second kappa shape index (κ2) is 5.00. The van der Waals surface area contributed by atoms with Gasteiger partial charge in [-0.25, -0.2) is 4.79 Å². The van der Waals surface area contributed by atoms with E-state index in [2.05, 4.69) is 4.74 Å². The van der Waals surface area contributed by atoms with Gasteiger partial charge in [0.1, 0.15) is 5.75 Å². The van der Waals surface area contributed by atoms with Crippen molar-refractivity contribution < 1.29 is 17.5 Å². The summed E-state index contributed by atoms with van der Waals surface area (Å²) < 4.78 is 4.46. The maximum atomic E-state index is 10.8. The normalized spacial score (nSPS) is 8.42. The van der Waals surface area contributed by atoms with Gasteiger partial charge in [0.2, 0.25) is 0 Å². The Morgan fingerprint density at radius 3 is 2.33 bits per heavy atom. The number of ether oxygens (including phenoxy) is 1. The molecule has 1 aromatic rings. The van der Waals surface area contributed by atoms with Crippen molar-refractivity contribution >= 4 is 29.0 Å². The zero-order valence-electron chi connectivity index (χ0n) is 8.78. The van der Waals surface area contributed by atoms with Crippen molar-refractivity contribution in [3.8, 4) is 5.75 Å². The van der Waals surface area contributed by atoms with Gasteiger partial charge in [-0.15, -0.1) is 0 Å². The number of methoxy groups -OCH3 is 1. The zero-order valence-corrected chi connectivity index (χ0v) is 8.19. The molecule has 0 aromatic heterocycles. The van der Waals surface area contributed by atoms with E-state index in [1.165, 1.54) is 31.4 Å². The molecule has 0 aliphatic heterocycles. The summed E-state index contributed by atoms with van der Waals surface area (Å²) in [4.78, 5) is 10.8.